The molecule has 1 aromatic heterocycles. The van der Waals surface area contributed by atoms with Crippen molar-refractivity contribution in [3.8, 4) is 0 Å². The van der Waals surface area contributed by atoms with Crippen LogP contribution in [0.5, 0.6) is 0 Å². The molecule has 22 heavy (non-hydrogen) atoms. The molecular formula is C17H30N4O. The molecule has 1 atom stereocenters. The second kappa shape index (κ2) is 7.27. The maximum Gasteiger partial charge on any atom is 0.270 e. The van der Waals surface area contributed by atoms with Gasteiger partial charge >= 0.3 is 0 Å². The molecule has 0 aromatic carbocycles. The van der Waals surface area contributed by atoms with Gasteiger partial charge in [0.2, 0.25) is 0 Å². The van der Waals surface area contributed by atoms with Crippen LogP contribution in [0.25, 0.3) is 0 Å². The van der Waals surface area contributed by atoms with Crippen LogP contribution in [0.3, 0.4) is 0 Å². The fraction of sp³-hybridized carbons (Fsp3) is 0.765. The molecule has 5 nitrogen and oxygen atoms in total. The topological polar surface area (TPSA) is 50.2 Å². The minimum Gasteiger partial charge on any atom is -0.347 e. The van der Waals surface area contributed by atoms with Crippen molar-refractivity contribution < 1.29 is 4.79 Å². The van der Waals surface area contributed by atoms with Gasteiger partial charge in [-0.1, -0.05) is 20.3 Å². The number of carbonyl (C=O) groups is 1. The van der Waals surface area contributed by atoms with Crippen molar-refractivity contribution >= 4 is 5.91 Å². The molecular weight excluding hydrogens is 276 g/mol. The average molecular weight is 306 g/mol. The van der Waals surface area contributed by atoms with E-state index in [4.69, 9.17) is 0 Å². The Labute approximate surface area is 134 Å². The molecule has 5 heteroatoms. The van der Waals surface area contributed by atoms with Crippen molar-refractivity contribution in [2.24, 2.45) is 13.0 Å². The number of aromatic nitrogens is 2. The minimum atomic E-state index is 0.0226. The van der Waals surface area contributed by atoms with Gasteiger partial charge in [0.25, 0.3) is 5.91 Å². The molecule has 0 saturated heterocycles. The van der Waals surface area contributed by atoms with Crippen LogP contribution in [-0.4, -0.2) is 47.3 Å². The summed E-state index contributed by atoms with van der Waals surface area (Å²) in [5, 5.41) is 7.54. The van der Waals surface area contributed by atoms with E-state index in [1.165, 1.54) is 19.3 Å². The highest BCUT2D eigenvalue weighted by Crippen LogP contribution is 2.37. The molecule has 0 aliphatic heterocycles. The van der Waals surface area contributed by atoms with E-state index in [0.717, 1.165) is 24.2 Å². The molecule has 0 unspecified atom stereocenters. The summed E-state index contributed by atoms with van der Waals surface area (Å²) in [5.41, 5.74) is 1.87. The summed E-state index contributed by atoms with van der Waals surface area (Å²) in [6.07, 6.45) is 6.48. The van der Waals surface area contributed by atoms with Gasteiger partial charge in [0, 0.05) is 25.2 Å². The van der Waals surface area contributed by atoms with Crippen molar-refractivity contribution in [1.29, 1.82) is 0 Å². The van der Waals surface area contributed by atoms with Gasteiger partial charge in [0.1, 0.15) is 5.69 Å². The van der Waals surface area contributed by atoms with E-state index < -0.39 is 0 Å². The van der Waals surface area contributed by atoms with E-state index in [2.05, 4.69) is 29.2 Å². The molecule has 1 heterocycles. The van der Waals surface area contributed by atoms with Gasteiger partial charge in [0.15, 0.2) is 0 Å². The molecule has 1 N–H and O–H groups in total. The smallest absolute Gasteiger partial charge is 0.270 e. The normalized spacial score (nSPS) is 16.9. The summed E-state index contributed by atoms with van der Waals surface area (Å²) in [6.45, 7) is 5.25. The van der Waals surface area contributed by atoms with Gasteiger partial charge in [-0.25, -0.2) is 0 Å². The molecule has 1 amide bonds. The van der Waals surface area contributed by atoms with E-state index in [9.17, 15) is 4.79 Å². The van der Waals surface area contributed by atoms with Crippen LogP contribution >= 0.6 is 0 Å². The second-order valence-corrected chi connectivity index (χ2v) is 7.26. The summed E-state index contributed by atoms with van der Waals surface area (Å²) in [7, 11) is 5.95. The summed E-state index contributed by atoms with van der Waals surface area (Å²) in [4.78, 5) is 14.9. The monoisotopic (exact) mass is 306 g/mol. The van der Waals surface area contributed by atoms with Gasteiger partial charge in [-0.05, 0) is 45.2 Å². The number of nitrogens with one attached hydrogen (secondary N) is 1. The lowest BCUT2D eigenvalue weighted by Crippen LogP contribution is -2.43. The maximum absolute atomic E-state index is 12.8. The van der Waals surface area contributed by atoms with E-state index in [-0.39, 0.29) is 11.9 Å². The zero-order chi connectivity index (χ0) is 16.3. The summed E-state index contributed by atoms with van der Waals surface area (Å²) in [5.74, 6) is 1.10. The number of carbonyl (C=O) groups excluding carboxylic acids is 1. The summed E-state index contributed by atoms with van der Waals surface area (Å²) in [6, 6.07) is 0.173. The fourth-order valence-corrected chi connectivity index (χ4v) is 3.19. The lowest BCUT2D eigenvalue weighted by atomic mass is 9.80. The Hall–Kier alpha value is -1.36. The molecule has 1 fully saturated rings. The molecule has 0 spiro atoms. The van der Waals surface area contributed by atoms with Crippen LogP contribution < -0.4 is 5.32 Å². The number of amides is 1. The Morgan fingerprint density at radius 3 is 2.64 bits per heavy atom. The Morgan fingerprint density at radius 2 is 2.14 bits per heavy atom. The first kappa shape index (κ1) is 17.0. The molecule has 0 radical (unpaired) electrons. The Balaban J connectivity index is 2.10. The maximum atomic E-state index is 12.8. The van der Waals surface area contributed by atoms with Crippen LogP contribution in [-0.2, 0) is 7.05 Å². The largest absolute Gasteiger partial charge is 0.347 e. The Kier molecular flexibility index (Phi) is 5.62. The van der Waals surface area contributed by atoms with E-state index >= 15 is 0 Å². The molecule has 2 rings (SSSR count). The van der Waals surface area contributed by atoms with Crippen molar-refractivity contribution in [2.45, 2.75) is 51.5 Å². The van der Waals surface area contributed by atoms with Crippen LogP contribution in [0.15, 0.2) is 6.20 Å². The van der Waals surface area contributed by atoms with Gasteiger partial charge < -0.3 is 10.2 Å². The lowest BCUT2D eigenvalue weighted by molar-refractivity contribution is 0.0912. The van der Waals surface area contributed by atoms with Crippen molar-refractivity contribution in [3.63, 3.8) is 0 Å². The van der Waals surface area contributed by atoms with Crippen LogP contribution in [0.4, 0.5) is 0 Å². The van der Waals surface area contributed by atoms with Crippen LogP contribution in [0.2, 0.25) is 0 Å². The first-order valence-corrected chi connectivity index (χ1v) is 8.36. The number of rotatable bonds is 7. The van der Waals surface area contributed by atoms with Crippen LogP contribution in [0.1, 0.15) is 61.5 Å². The number of likely N-dealkylation sites (N-methyl/N-ethyl adjacent to an activating group) is 1. The van der Waals surface area contributed by atoms with Gasteiger partial charge in [-0.3, -0.25) is 9.48 Å². The number of aryl methyl sites for hydroxylation is 1. The van der Waals surface area contributed by atoms with Gasteiger partial charge in [0.05, 0.1) is 6.20 Å². The third-order valence-corrected chi connectivity index (χ3v) is 4.40. The molecule has 1 saturated carbocycles. The highest BCUT2D eigenvalue weighted by molar-refractivity contribution is 5.94. The molecule has 124 valence electrons. The average Bonchev–Trinajstić information content (AvgIpc) is 2.66. The first-order chi connectivity index (χ1) is 10.4. The number of hydrogen-bond acceptors (Lipinski definition) is 3. The summed E-state index contributed by atoms with van der Waals surface area (Å²) >= 11 is 0. The highest BCUT2D eigenvalue weighted by Gasteiger charge is 2.28. The number of nitrogens with zero attached hydrogens (tertiary/aromatic N) is 3. The van der Waals surface area contributed by atoms with Crippen molar-refractivity contribution in [2.75, 3.05) is 20.6 Å². The third-order valence-electron chi connectivity index (χ3n) is 4.40. The standard InChI is InChI=1S/C17H30N4O/c1-12(2)9-14(11-20(3)4)19-17(22)16-15(10-18-21(16)5)13-7-6-8-13/h10,12-14H,6-9,11H2,1-5H3,(H,19,22)/t14-/m0/s1. The summed E-state index contributed by atoms with van der Waals surface area (Å²) < 4.78 is 1.73. The molecule has 0 bridgehead atoms. The first-order valence-electron chi connectivity index (χ1n) is 8.36. The SMILES string of the molecule is CC(C)C[C@@H](CN(C)C)NC(=O)c1c(C2CCC2)cnn1C. The van der Waals surface area contributed by atoms with E-state index in [1.54, 1.807) is 4.68 Å². The van der Waals surface area contributed by atoms with Gasteiger partial charge in [-0.2, -0.15) is 5.10 Å². The van der Waals surface area contributed by atoms with E-state index in [1.807, 2.05) is 27.3 Å². The quantitative estimate of drug-likeness (QED) is 0.841. The predicted molar refractivity (Wildman–Crippen MR) is 89.1 cm³/mol. The zero-order valence-corrected chi connectivity index (χ0v) is 14.6. The van der Waals surface area contributed by atoms with Crippen LogP contribution in [0, 0.1) is 5.92 Å². The molecule has 1 aromatic rings. The molecule has 1 aliphatic rings. The lowest BCUT2D eigenvalue weighted by Gasteiger charge is -2.27. The minimum absolute atomic E-state index is 0.0226. The zero-order valence-electron chi connectivity index (χ0n) is 14.6. The highest BCUT2D eigenvalue weighted by atomic mass is 16.2. The Bertz CT molecular complexity index is 493. The van der Waals surface area contributed by atoms with E-state index in [0.29, 0.717) is 11.8 Å². The third kappa shape index (κ3) is 4.09. The Morgan fingerprint density at radius 1 is 1.45 bits per heavy atom. The number of hydrogen-bond donors (Lipinski definition) is 1. The predicted octanol–water partition coefficient (Wildman–Crippen LogP) is 2.39. The van der Waals surface area contributed by atoms with Gasteiger partial charge in [-0.15, -0.1) is 0 Å². The molecule has 1 aliphatic carbocycles. The fourth-order valence-electron chi connectivity index (χ4n) is 3.19. The van der Waals surface area contributed by atoms with Crippen molar-refractivity contribution in [1.82, 2.24) is 20.0 Å². The second-order valence-electron chi connectivity index (χ2n) is 7.26. The van der Waals surface area contributed by atoms with Crippen molar-refractivity contribution in [3.05, 3.63) is 17.5 Å².